The Bertz CT molecular complexity index is 885. The Morgan fingerprint density at radius 2 is 1.92 bits per heavy atom. The van der Waals surface area contributed by atoms with Crippen LogP contribution in [0.3, 0.4) is 0 Å². The van der Waals surface area contributed by atoms with Crippen molar-refractivity contribution in [2.24, 2.45) is 0 Å². The number of aromatic nitrogens is 5. The van der Waals surface area contributed by atoms with E-state index in [0.29, 0.717) is 22.0 Å². The fraction of sp³-hybridized carbons (Fsp3) is 0.235. The van der Waals surface area contributed by atoms with Gasteiger partial charge in [0.25, 0.3) is 5.91 Å². The van der Waals surface area contributed by atoms with Gasteiger partial charge in [0, 0.05) is 11.8 Å². The zero-order valence-electron chi connectivity index (χ0n) is 14.0. The zero-order chi connectivity index (χ0) is 18.0. The normalized spacial score (nSPS) is 11.4. The first-order valence-corrected chi connectivity index (χ1v) is 8.03. The minimum absolute atomic E-state index is 0.0255. The number of carbonyl (C=O) groups excluding carboxylic acids is 1. The number of carbonyl (C=O) groups is 1. The van der Waals surface area contributed by atoms with Gasteiger partial charge in [-0.15, -0.1) is 10.2 Å². The summed E-state index contributed by atoms with van der Waals surface area (Å²) in [7, 11) is 0. The van der Waals surface area contributed by atoms with Crippen molar-refractivity contribution in [2.75, 3.05) is 5.32 Å². The van der Waals surface area contributed by atoms with Crippen molar-refractivity contribution in [3.05, 3.63) is 52.7 Å². The molecule has 2 N–H and O–H groups in total. The van der Waals surface area contributed by atoms with Gasteiger partial charge >= 0.3 is 0 Å². The number of amides is 1. The molecule has 0 aliphatic heterocycles. The number of hydrogen-bond acceptors (Lipinski definition) is 5. The molecule has 0 aliphatic carbocycles. The second-order valence-corrected chi connectivity index (χ2v) is 7.00. The molecule has 3 rings (SSSR count). The Morgan fingerprint density at radius 1 is 1.20 bits per heavy atom. The number of halogens is 1. The number of rotatable bonds is 3. The predicted molar refractivity (Wildman–Crippen MR) is 95.5 cm³/mol. The summed E-state index contributed by atoms with van der Waals surface area (Å²) in [6.45, 7) is 6.37. The van der Waals surface area contributed by atoms with Crippen LogP contribution in [0.15, 0.2) is 36.5 Å². The van der Waals surface area contributed by atoms with Crippen LogP contribution in [0.5, 0.6) is 0 Å². The van der Waals surface area contributed by atoms with Gasteiger partial charge in [-0.25, -0.2) is 4.98 Å². The van der Waals surface area contributed by atoms with E-state index in [2.05, 4.69) is 51.7 Å². The Labute approximate surface area is 149 Å². The second kappa shape index (κ2) is 6.60. The van der Waals surface area contributed by atoms with E-state index in [1.165, 1.54) is 6.20 Å². The highest BCUT2D eigenvalue weighted by Crippen LogP contribution is 2.26. The van der Waals surface area contributed by atoms with Crippen molar-refractivity contribution in [1.29, 1.82) is 0 Å². The van der Waals surface area contributed by atoms with Gasteiger partial charge in [-0.2, -0.15) is 5.21 Å². The van der Waals surface area contributed by atoms with Gasteiger partial charge in [-0.3, -0.25) is 4.79 Å². The van der Waals surface area contributed by atoms with Crippen molar-refractivity contribution < 1.29 is 4.79 Å². The summed E-state index contributed by atoms with van der Waals surface area (Å²) in [5, 5.41) is 16.9. The highest BCUT2D eigenvalue weighted by atomic mass is 35.5. The molecule has 0 bridgehead atoms. The van der Waals surface area contributed by atoms with Gasteiger partial charge in [0.2, 0.25) is 5.82 Å². The third-order valence-corrected chi connectivity index (χ3v) is 3.88. The minimum atomic E-state index is -0.269. The summed E-state index contributed by atoms with van der Waals surface area (Å²) in [4.78, 5) is 16.7. The van der Waals surface area contributed by atoms with Crippen molar-refractivity contribution >= 4 is 23.2 Å². The van der Waals surface area contributed by atoms with Crippen LogP contribution in [-0.4, -0.2) is 31.5 Å². The summed E-state index contributed by atoms with van der Waals surface area (Å²) < 4.78 is 0. The SMILES string of the molecule is CC(C)(C)c1ccc(C(=O)Nc2cc(Cl)cnc2-c2nn[nH]n2)cc1. The molecule has 1 amide bonds. The first-order valence-electron chi connectivity index (χ1n) is 7.66. The number of nitrogens with one attached hydrogen (secondary N) is 2. The highest BCUT2D eigenvalue weighted by molar-refractivity contribution is 6.31. The molecule has 0 radical (unpaired) electrons. The van der Waals surface area contributed by atoms with Gasteiger partial charge in [-0.05, 0) is 34.4 Å². The lowest BCUT2D eigenvalue weighted by Crippen LogP contribution is -2.15. The van der Waals surface area contributed by atoms with Crippen LogP contribution in [-0.2, 0) is 5.41 Å². The van der Waals surface area contributed by atoms with E-state index in [9.17, 15) is 4.79 Å². The molecule has 3 aromatic rings. The average molecular weight is 357 g/mol. The summed E-state index contributed by atoms with van der Waals surface area (Å²) in [6.07, 6.45) is 1.46. The van der Waals surface area contributed by atoms with Crippen LogP contribution in [0.25, 0.3) is 11.5 Å². The fourth-order valence-electron chi connectivity index (χ4n) is 2.29. The molecule has 0 unspecified atom stereocenters. The Hall–Kier alpha value is -2.80. The number of nitrogens with zero attached hydrogens (tertiary/aromatic N) is 4. The number of benzene rings is 1. The lowest BCUT2D eigenvalue weighted by molar-refractivity contribution is 0.102. The minimum Gasteiger partial charge on any atom is -0.320 e. The Kier molecular flexibility index (Phi) is 4.50. The molecule has 0 saturated carbocycles. The van der Waals surface area contributed by atoms with Crippen LogP contribution in [0.2, 0.25) is 5.02 Å². The monoisotopic (exact) mass is 356 g/mol. The highest BCUT2D eigenvalue weighted by Gasteiger charge is 2.17. The fourth-order valence-corrected chi connectivity index (χ4v) is 2.45. The molecule has 128 valence electrons. The third kappa shape index (κ3) is 3.83. The summed E-state index contributed by atoms with van der Waals surface area (Å²) in [5.41, 5.74) is 2.52. The van der Waals surface area contributed by atoms with E-state index < -0.39 is 0 Å². The van der Waals surface area contributed by atoms with E-state index in [-0.39, 0.29) is 17.1 Å². The number of H-pyrrole nitrogens is 1. The molecule has 25 heavy (non-hydrogen) atoms. The number of aromatic amines is 1. The summed E-state index contributed by atoms with van der Waals surface area (Å²) in [5.74, 6) is 0.00400. The van der Waals surface area contributed by atoms with Gasteiger partial charge in [0.15, 0.2) is 0 Å². The maximum atomic E-state index is 12.6. The standard InChI is InChI=1S/C17H17ClN6O/c1-17(2,3)11-6-4-10(5-7-11)16(25)20-13-8-12(18)9-19-14(13)15-21-23-24-22-15/h4-9H,1-3H3,(H,20,25)(H,21,22,23,24). The van der Waals surface area contributed by atoms with Crippen LogP contribution in [0.1, 0.15) is 36.7 Å². The number of anilines is 1. The van der Waals surface area contributed by atoms with Crippen molar-refractivity contribution in [3.8, 4) is 11.5 Å². The molecule has 7 nitrogen and oxygen atoms in total. The van der Waals surface area contributed by atoms with E-state index in [4.69, 9.17) is 11.6 Å². The molecule has 2 aromatic heterocycles. The van der Waals surface area contributed by atoms with Crippen LogP contribution in [0.4, 0.5) is 5.69 Å². The predicted octanol–water partition coefficient (Wildman–Crippen LogP) is 3.46. The smallest absolute Gasteiger partial charge is 0.255 e. The molecule has 2 heterocycles. The topological polar surface area (TPSA) is 96.5 Å². The molecule has 0 spiro atoms. The number of tetrazole rings is 1. The lowest BCUT2D eigenvalue weighted by Gasteiger charge is -2.19. The quantitative estimate of drug-likeness (QED) is 0.749. The van der Waals surface area contributed by atoms with Crippen LogP contribution in [0, 0.1) is 0 Å². The van der Waals surface area contributed by atoms with Crippen molar-refractivity contribution in [2.45, 2.75) is 26.2 Å². The zero-order valence-corrected chi connectivity index (χ0v) is 14.8. The molecule has 0 aliphatic rings. The first kappa shape index (κ1) is 17.0. The molecule has 0 atom stereocenters. The Morgan fingerprint density at radius 3 is 2.52 bits per heavy atom. The lowest BCUT2D eigenvalue weighted by atomic mass is 9.87. The third-order valence-electron chi connectivity index (χ3n) is 3.67. The molecule has 8 heteroatoms. The molecule has 0 saturated heterocycles. The van der Waals surface area contributed by atoms with E-state index in [1.807, 2.05) is 12.1 Å². The number of hydrogen-bond donors (Lipinski definition) is 2. The van der Waals surface area contributed by atoms with Crippen LogP contribution >= 0.6 is 11.6 Å². The molecular formula is C17H17ClN6O. The average Bonchev–Trinajstić information content (AvgIpc) is 3.08. The largest absolute Gasteiger partial charge is 0.320 e. The Balaban J connectivity index is 1.87. The van der Waals surface area contributed by atoms with Gasteiger partial charge in [0.1, 0.15) is 5.69 Å². The number of pyridine rings is 1. The maximum absolute atomic E-state index is 12.6. The van der Waals surface area contributed by atoms with Gasteiger partial charge in [0.05, 0.1) is 10.7 Å². The van der Waals surface area contributed by atoms with E-state index >= 15 is 0 Å². The van der Waals surface area contributed by atoms with Crippen molar-refractivity contribution in [1.82, 2.24) is 25.6 Å². The molecule has 1 aromatic carbocycles. The first-order chi connectivity index (χ1) is 11.8. The van der Waals surface area contributed by atoms with E-state index in [1.54, 1.807) is 18.2 Å². The second-order valence-electron chi connectivity index (χ2n) is 6.57. The van der Waals surface area contributed by atoms with Gasteiger partial charge < -0.3 is 5.32 Å². The van der Waals surface area contributed by atoms with Crippen LogP contribution < -0.4 is 5.32 Å². The van der Waals surface area contributed by atoms with Crippen molar-refractivity contribution in [3.63, 3.8) is 0 Å². The molecule has 0 fully saturated rings. The summed E-state index contributed by atoms with van der Waals surface area (Å²) >= 11 is 6.00. The maximum Gasteiger partial charge on any atom is 0.255 e. The molecular weight excluding hydrogens is 340 g/mol. The summed E-state index contributed by atoms with van der Waals surface area (Å²) in [6, 6.07) is 9.09. The van der Waals surface area contributed by atoms with E-state index in [0.717, 1.165) is 5.56 Å². The van der Waals surface area contributed by atoms with Gasteiger partial charge in [-0.1, -0.05) is 44.5 Å².